The molecule has 1 aliphatic carbocycles. The van der Waals surface area contributed by atoms with Crippen LogP contribution in [-0.2, 0) is 0 Å². The molecule has 1 saturated carbocycles. The molecule has 1 fully saturated rings. The Bertz CT molecular complexity index is 374. The molecule has 1 heterocycles. The summed E-state index contributed by atoms with van der Waals surface area (Å²) in [5, 5.41) is 12.3. The van der Waals surface area contributed by atoms with Crippen LogP contribution in [-0.4, -0.2) is 6.54 Å². The molecule has 3 heteroatoms. The molecule has 2 nitrogen and oxygen atoms in total. The maximum Gasteiger partial charge on any atom is 0.110 e. The van der Waals surface area contributed by atoms with Crippen LogP contribution in [0.25, 0.3) is 0 Å². The molecular weight excluding hydrogens is 216 g/mol. The molecular formula is C13H18N2S. The molecule has 1 unspecified atom stereocenters. The Morgan fingerprint density at radius 2 is 2.38 bits per heavy atom. The Balaban J connectivity index is 1.74. The van der Waals surface area contributed by atoms with Crippen LogP contribution in [0, 0.1) is 17.2 Å². The van der Waals surface area contributed by atoms with E-state index in [1.165, 1.54) is 30.6 Å². The van der Waals surface area contributed by atoms with E-state index < -0.39 is 0 Å². The van der Waals surface area contributed by atoms with Crippen molar-refractivity contribution in [2.45, 2.75) is 38.6 Å². The van der Waals surface area contributed by atoms with Crippen molar-refractivity contribution in [1.82, 2.24) is 5.32 Å². The van der Waals surface area contributed by atoms with E-state index in [4.69, 9.17) is 5.26 Å². The van der Waals surface area contributed by atoms with Crippen molar-refractivity contribution in [1.29, 1.82) is 5.26 Å². The summed E-state index contributed by atoms with van der Waals surface area (Å²) in [6.07, 6.45) is 5.58. The van der Waals surface area contributed by atoms with Gasteiger partial charge in [-0.25, -0.2) is 0 Å². The average molecular weight is 234 g/mol. The third kappa shape index (κ3) is 2.84. The summed E-state index contributed by atoms with van der Waals surface area (Å²) in [6, 6.07) is 6.53. The van der Waals surface area contributed by atoms with E-state index in [0.29, 0.717) is 6.04 Å². The van der Waals surface area contributed by atoms with Gasteiger partial charge in [0.05, 0.1) is 0 Å². The van der Waals surface area contributed by atoms with Gasteiger partial charge in [-0.15, -0.1) is 11.3 Å². The highest BCUT2D eigenvalue weighted by atomic mass is 32.1. The maximum absolute atomic E-state index is 8.76. The first-order valence-electron chi connectivity index (χ1n) is 6.03. The van der Waals surface area contributed by atoms with Crippen LogP contribution in [0.3, 0.4) is 0 Å². The van der Waals surface area contributed by atoms with Crippen LogP contribution in [0.4, 0.5) is 0 Å². The summed E-state index contributed by atoms with van der Waals surface area (Å²) in [6.45, 7) is 3.28. The smallest absolute Gasteiger partial charge is 0.110 e. The summed E-state index contributed by atoms with van der Waals surface area (Å²) in [5.74, 6) is 0.970. The molecule has 1 aromatic heterocycles. The van der Waals surface area contributed by atoms with E-state index in [0.717, 1.165) is 17.3 Å². The summed E-state index contributed by atoms with van der Waals surface area (Å²) < 4.78 is 0. The minimum Gasteiger partial charge on any atom is -0.309 e. The second-order valence-corrected chi connectivity index (χ2v) is 5.69. The zero-order chi connectivity index (χ0) is 11.4. The van der Waals surface area contributed by atoms with E-state index in [1.54, 1.807) is 11.3 Å². The Labute approximate surface area is 101 Å². The van der Waals surface area contributed by atoms with Crippen molar-refractivity contribution in [3.05, 3.63) is 21.9 Å². The predicted octanol–water partition coefficient (Wildman–Crippen LogP) is 3.46. The van der Waals surface area contributed by atoms with Crippen molar-refractivity contribution >= 4 is 11.3 Å². The number of nitrogens with zero attached hydrogens (tertiary/aromatic N) is 1. The number of nitriles is 1. The largest absolute Gasteiger partial charge is 0.309 e. The monoisotopic (exact) mass is 234 g/mol. The number of hydrogen-bond acceptors (Lipinski definition) is 3. The first-order valence-corrected chi connectivity index (χ1v) is 6.84. The van der Waals surface area contributed by atoms with E-state index in [-0.39, 0.29) is 0 Å². The quantitative estimate of drug-likeness (QED) is 0.847. The molecule has 1 atom stereocenters. The highest BCUT2D eigenvalue weighted by Gasteiger charge is 2.17. The highest BCUT2D eigenvalue weighted by molar-refractivity contribution is 7.12. The van der Waals surface area contributed by atoms with Crippen molar-refractivity contribution in [3.63, 3.8) is 0 Å². The molecule has 1 aliphatic rings. The van der Waals surface area contributed by atoms with Gasteiger partial charge in [0.15, 0.2) is 0 Å². The molecule has 0 saturated heterocycles. The van der Waals surface area contributed by atoms with E-state index in [2.05, 4.69) is 24.4 Å². The van der Waals surface area contributed by atoms with Gasteiger partial charge in [0, 0.05) is 10.9 Å². The van der Waals surface area contributed by atoms with Gasteiger partial charge in [-0.3, -0.25) is 0 Å². The zero-order valence-corrected chi connectivity index (χ0v) is 10.5. The SMILES string of the molecule is CC(NCCC1CCC1)c1ccc(C#N)s1. The van der Waals surface area contributed by atoms with Crippen LogP contribution in [0.2, 0.25) is 0 Å². The molecule has 16 heavy (non-hydrogen) atoms. The molecule has 0 spiro atoms. The highest BCUT2D eigenvalue weighted by Crippen LogP contribution is 2.29. The van der Waals surface area contributed by atoms with Crippen molar-refractivity contribution in [2.24, 2.45) is 5.92 Å². The fourth-order valence-corrected chi connectivity index (χ4v) is 2.86. The fourth-order valence-electron chi connectivity index (χ4n) is 2.03. The van der Waals surface area contributed by atoms with Gasteiger partial charge in [-0.1, -0.05) is 19.3 Å². The van der Waals surface area contributed by atoms with E-state index in [9.17, 15) is 0 Å². The second-order valence-electron chi connectivity index (χ2n) is 4.58. The molecule has 1 N–H and O–H groups in total. The molecule has 1 aromatic rings. The molecule has 0 radical (unpaired) electrons. The van der Waals surface area contributed by atoms with Gasteiger partial charge in [0.25, 0.3) is 0 Å². The standard InChI is InChI=1S/C13H18N2S/c1-10(13-6-5-12(9-14)16-13)15-8-7-11-3-2-4-11/h5-6,10-11,15H,2-4,7-8H2,1H3. The first-order chi connectivity index (χ1) is 7.79. The number of nitrogens with one attached hydrogen (secondary N) is 1. The van der Waals surface area contributed by atoms with Gasteiger partial charge < -0.3 is 5.32 Å². The van der Waals surface area contributed by atoms with E-state index in [1.807, 2.05) is 6.07 Å². The van der Waals surface area contributed by atoms with Crippen LogP contribution in [0.15, 0.2) is 12.1 Å². The lowest BCUT2D eigenvalue weighted by Gasteiger charge is -2.25. The second kappa shape index (κ2) is 5.47. The summed E-state index contributed by atoms with van der Waals surface area (Å²) in [7, 11) is 0. The third-order valence-corrected chi connectivity index (χ3v) is 4.56. The lowest BCUT2D eigenvalue weighted by atomic mass is 9.83. The first kappa shape index (κ1) is 11.6. The van der Waals surface area contributed by atoms with Crippen LogP contribution >= 0.6 is 11.3 Å². The fraction of sp³-hybridized carbons (Fsp3) is 0.615. The average Bonchev–Trinajstić information content (AvgIpc) is 2.69. The number of thiophene rings is 1. The lowest BCUT2D eigenvalue weighted by Crippen LogP contribution is -2.23. The minimum atomic E-state index is 0.382. The maximum atomic E-state index is 8.76. The third-order valence-electron chi connectivity index (χ3n) is 3.39. The van der Waals surface area contributed by atoms with Gasteiger partial charge in [0.1, 0.15) is 10.9 Å². The topological polar surface area (TPSA) is 35.8 Å². The van der Waals surface area contributed by atoms with Crippen molar-refractivity contribution < 1.29 is 0 Å². The predicted molar refractivity (Wildman–Crippen MR) is 67.4 cm³/mol. The molecule has 0 bridgehead atoms. The summed E-state index contributed by atoms with van der Waals surface area (Å²) in [4.78, 5) is 2.08. The van der Waals surface area contributed by atoms with Crippen LogP contribution in [0.1, 0.15) is 48.4 Å². The van der Waals surface area contributed by atoms with Gasteiger partial charge in [-0.05, 0) is 37.9 Å². The van der Waals surface area contributed by atoms with Gasteiger partial charge in [0.2, 0.25) is 0 Å². The minimum absolute atomic E-state index is 0.382. The normalized spacial score (nSPS) is 17.8. The zero-order valence-electron chi connectivity index (χ0n) is 9.70. The molecule has 86 valence electrons. The summed E-state index contributed by atoms with van der Waals surface area (Å²) >= 11 is 1.60. The number of hydrogen-bond donors (Lipinski definition) is 1. The Morgan fingerprint density at radius 1 is 1.56 bits per heavy atom. The Kier molecular flexibility index (Phi) is 3.98. The Hall–Kier alpha value is -0.850. The molecule has 2 rings (SSSR count). The molecule has 0 amide bonds. The molecule has 0 aliphatic heterocycles. The molecule has 0 aromatic carbocycles. The van der Waals surface area contributed by atoms with Crippen LogP contribution < -0.4 is 5.32 Å². The number of rotatable bonds is 5. The van der Waals surface area contributed by atoms with Gasteiger partial charge in [-0.2, -0.15) is 5.26 Å². The summed E-state index contributed by atoms with van der Waals surface area (Å²) in [5.41, 5.74) is 0. The van der Waals surface area contributed by atoms with Crippen molar-refractivity contribution in [2.75, 3.05) is 6.54 Å². The lowest BCUT2D eigenvalue weighted by molar-refractivity contribution is 0.289. The Morgan fingerprint density at radius 3 is 2.94 bits per heavy atom. The van der Waals surface area contributed by atoms with E-state index >= 15 is 0 Å². The van der Waals surface area contributed by atoms with Crippen LogP contribution in [0.5, 0.6) is 0 Å². The van der Waals surface area contributed by atoms with Crippen molar-refractivity contribution in [3.8, 4) is 6.07 Å². The van der Waals surface area contributed by atoms with Gasteiger partial charge >= 0.3 is 0 Å².